The van der Waals surface area contributed by atoms with E-state index in [2.05, 4.69) is 16.5 Å². The minimum atomic E-state index is -0.348. The summed E-state index contributed by atoms with van der Waals surface area (Å²) in [6, 6.07) is 5.53. The van der Waals surface area contributed by atoms with Crippen molar-refractivity contribution in [1.29, 1.82) is 0 Å². The lowest BCUT2D eigenvalue weighted by Gasteiger charge is -2.31. The van der Waals surface area contributed by atoms with Crippen LogP contribution in [0.2, 0.25) is 5.02 Å². The second-order valence-electron chi connectivity index (χ2n) is 4.78. The third kappa shape index (κ3) is 4.69. The van der Waals surface area contributed by atoms with Crippen LogP contribution in [0.1, 0.15) is 12.8 Å². The second-order valence-corrected chi connectivity index (χ2v) is 6.18. The molecule has 20 heavy (non-hydrogen) atoms. The normalized spacial score (nSPS) is 17.9. The van der Waals surface area contributed by atoms with E-state index in [4.69, 9.17) is 11.6 Å². The Balaban J connectivity index is 0.00000200. The molecule has 1 fully saturated rings. The first-order valence-electron chi connectivity index (χ1n) is 6.63. The molecule has 0 aromatic heterocycles. The molecule has 1 aromatic rings. The van der Waals surface area contributed by atoms with Crippen LogP contribution in [-0.4, -0.2) is 37.7 Å². The van der Waals surface area contributed by atoms with Gasteiger partial charge in [0.05, 0.1) is 5.02 Å². The highest BCUT2D eigenvalue weighted by atomic mass is 35.5. The summed E-state index contributed by atoms with van der Waals surface area (Å²) in [7, 11) is 0. The topological polar surface area (TPSA) is 15.3 Å². The molecule has 2 rings (SSSR count). The fraction of sp³-hybridized carbons (Fsp3) is 0.571. The van der Waals surface area contributed by atoms with Gasteiger partial charge in [0.2, 0.25) is 0 Å². The molecule has 1 aromatic carbocycles. The van der Waals surface area contributed by atoms with E-state index in [0.717, 1.165) is 43.9 Å². The Labute approximate surface area is 135 Å². The summed E-state index contributed by atoms with van der Waals surface area (Å²) in [5.74, 6) is 0.796. The number of thioether (sulfide) groups is 1. The van der Waals surface area contributed by atoms with E-state index in [1.807, 2.05) is 17.8 Å². The van der Waals surface area contributed by atoms with Crippen molar-refractivity contribution in [1.82, 2.24) is 5.32 Å². The molecule has 0 bridgehead atoms. The van der Waals surface area contributed by atoms with Gasteiger partial charge in [-0.2, -0.15) is 11.8 Å². The summed E-state index contributed by atoms with van der Waals surface area (Å²) in [4.78, 5) is 2.36. The standard InChI is InChI=1S/C14H20ClFN2S.ClH/c1-19-8-2-7-18(12-5-6-17-10-12)11-3-4-14(16)13(15)9-11;/h3-4,9,12,17H,2,5-8,10H2,1H3;1H/t12-;/m0./s1. The van der Waals surface area contributed by atoms with Gasteiger partial charge in [0, 0.05) is 24.8 Å². The third-order valence-electron chi connectivity index (χ3n) is 3.46. The van der Waals surface area contributed by atoms with Gasteiger partial charge in [-0.15, -0.1) is 12.4 Å². The van der Waals surface area contributed by atoms with Crippen LogP contribution < -0.4 is 10.2 Å². The molecule has 0 spiro atoms. The predicted molar refractivity (Wildman–Crippen MR) is 90.3 cm³/mol. The molecule has 1 N–H and O–H groups in total. The third-order valence-corrected chi connectivity index (χ3v) is 4.44. The molecule has 1 atom stereocenters. The molecule has 0 radical (unpaired) electrons. The molecule has 1 saturated heterocycles. The number of anilines is 1. The molecule has 0 aliphatic carbocycles. The van der Waals surface area contributed by atoms with Crippen LogP contribution >= 0.6 is 35.8 Å². The van der Waals surface area contributed by atoms with E-state index >= 15 is 0 Å². The highest BCUT2D eigenvalue weighted by molar-refractivity contribution is 7.98. The summed E-state index contributed by atoms with van der Waals surface area (Å²) in [5, 5.41) is 3.59. The van der Waals surface area contributed by atoms with Gasteiger partial charge >= 0.3 is 0 Å². The minimum absolute atomic E-state index is 0. The molecule has 6 heteroatoms. The number of rotatable bonds is 6. The molecule has 0 amide bonds. The van der Waals surface area contributed by atoms with Crippen molar-refractivity contribution in [2.24, 2.45) is 0 Å². The van der Waals surface area contributed by atoms with Gasteiger partial charge in [-0.25, -0.2) is 4.39 Å². The Morgan fingerprint density at radius 3 is 2.90 bits per heavy atom. The van der Waals surface area contributed by atoms with E-state index in [-0.39, 0.29) is 23.2 Å². The van der Waals surface area contributed by atoms with Crippen molar-refractivity contribution in [2.45, 2.75) is 18.9 Å². The molecular weight excluding hydrogens is 318 g/mol. The van der Waals surface area contributed by atoms with Crippen LogP contribution in [0, 0.1) is 5.82 Å². The largest absolute Gasteiger partial charge is 0.367 e. The number of nitrogens with zero attached hydrogens (tertiary/aromatic N) is 1. The Hall–Kier alpha value is -0.160. The van der Waals surface area contributed by atoms with E-state index in [0.29, 0.717) is 6.04 Å². The van der Waals surface area contributed by atoms with Crippen LogP contribution in [0.25, 0.3) is 0 Å². The maximum Gasteiger partial charge on any atom is 0.141 e. The van der Waals surface area contributed by atoms with E-state index in [9.17, 15) is 4.39 Å². The molecule has 1 heterocycles. The molecule has 2 nitrogen and oxygen atoms in total. The lowest BCUT2D eigenvalue weighted by molar-refractivity contribution is 0.617. The van der Waals surface area contributed by atoms with Gasteiger partial charge in [-0.05, 0) is 49.6 Å². The van der Waals surface area contributed by atoms with Gasteiger partial charge < -0.3 is 10.2 Å². The summed E-state index contributed by atoms with van der Waals surface area (Å²) >= 11 is 7.76. The average molecular weight is 339 g/mol. The second kappa shape index (κ2) is 8.98. The van der Waals surface area contributed by atoms with Crippen molar-refractivity contribution >= 4 is 41.5 Å². The van der Waals surface area contributed by atoms with Gasteiger partial charge in [-0.1, -0.05) is 11.6 Å². The lowest BCUT2D eigenvalue weighted by Crippen LogP contribution is -2.38. The van der Waals surface area contributed by atoms with Gasteiger partial charge in [0.15, 0.2) is 0 Å². The zero-order valence-electron chi connectivity index (χ0n) is 11.6. The van der Waals surface area contributed by atoms with E-state index in [1.54, 1.807) is 6.07 Å². The number of hydrogen-bond acceptors (Lipinski definition) is 3. The summed E-state index contributed by atoms with van der Waals surface area (Å²) < 4.78 is 13.3. The molecular formula is C14H21Cl2FN2S. The fourth-order valence-corrected chi connectivity index (χ4v) is 3.06. The van der Waals surface area contributed by atoms with Crippen LogP contribution in [0.15, 0.2) is 18.2 Å². The zero-order chi connectivity index (χ0) is 13.7. The summed E-state index contributed by atoms with van der Waals surface area (Å²) in [5.41, 5.74) is 1.03. The van der Waals surface area contributed by atoms with Gasteiger partial charge in [-0.3, -0.25) is 0 Å². The minimum Gasteiger partial charge on any atom is -0.367 e. The monoisotopic (exact) mass is 338 g/mol. The SMILES string of the molecule is CSCCCN(c1ccc(F)c(Cl)c1)[C@H]1CCNC1.Cl. The predicted octanol–water partition coefficient (Wildman–Crippen LogP) is 3.82. The number of nitrogens with one attached hydrogen (secondary N) is 1. The summed E-state index contributed by atoms with van der Waals surface area (Å²) in [6.45, 7) is 3.04. The molecule has 1 aliphatic rings. The Bertz CT molecular complexity index is 414. The maximum absolute atomic E-state index is 13.3. The van der Waals surface area contributed by atoms with E-state index in [1.165, 1.54) is 6.07 Å². The van der Waals surface area contributed by atoms with Crippen molar-refractivity contribution in [2.75, 3.05) is 36.5 Å². The first-order chi connectivity index (χ1) is 9.22. The van der Waals surface area contributed by atoms with Crippen LogP contribution in [0.3, 0.4) is 0 Å². The molecule has 0 unspecified atom stereocenters. The number of hydrogen-bond donors (Lipinski definition) is 1. The Morgan fingerprint density at radius 1 is 1.50 bits per heavy atom. The first kappa shape index (κ1) is 17.9. The average Bonchev–Trinajstić information content (AvgIpc) is 2.92. The summed E-state index contributed by atoms with van der Waals surface area (Å²) in [6.07, 6.45) is 4.39. The molecule has 114 valence electrons. The quantitative estimate of drug-likeness (QED) is 0.793. The fourth-order valence-electron chi connectivity index (χ4n) is 2.47. The Morgan fingerprint density at radius 2 is 2.30 bits per heavy atom. The highest BCUT2D eigenvalue weighted by Gasteiger charge is 2.22. The smallest absolute Gasteiger partial charge is 0.141 e. The highest BCUT2D eigenvalue weighted by Crippen LogP contribution is 2.26. The molecule has 0 saturated carbocycles. The first-order valence-corrected chi connectivity index (χ1v) is 8.41. The van der Waals surface area contributed by atoms with Crippen molar-refractivity contribution in [3.05, 3.63) is 29.0 Å². The van der Waals surface area contributed by atoms with Crippen LogP contribution in [0.4, 0.5) is 10.1 Å². The lowest BCUT2D eigenvalue weighted by atomic mass is 10.1. The number of halogens is 3. The zero-order valence-corrected chi connectivity index (χ0v) is 14.0. The number of benzene rings is 1. The van der Waals surface area contributed by atoms with Crippen molar-refractivity contribution in [3.8, 4) is 0 Å². The van der Waals surface area contributed by atoms with Gasteiger partial charge in [0.1, 0.15) is 5.82 Å². The van der Waals surface area contributed by atoms with Crippen LogP contribution in [-0.2, 0) is 0 Å². The maximum atomic E-state index is 13.3. The van der Waals surface area contributed by atoms with E-state index < -0.39 is 0 Å². The van der Waals surface area contributed by atoms with Crippen LogP contribution in [0.5, 0.6) is 0 Å². The van der Waals surface area contributed by atoms with Gasteiger partial charge in [0.25, 0.3) is 0 Å². The van der Waals surface area contributed by atoms with Crippen molar-refractivity contribution < 1.29 is 4.39 Å². The Kier molecular flexibility index (Phi) is 8.03. The molecule has 1 aliphatic heterocycles. The van der Waals surface area contributed by atoms with Crippen molar-refractivity contribution in [3.63, 3.8) is 0 Å².